The van der Waals surface area contributed by atoms with Crippen molar-refractivity contribution in [1.82, 2.24) is 0 Å². The lowest BCUT2D eigenvalue weighted by Gasteiger charge is -2.36. The van der Waals surface area contributed by atoms with E-state index in [9.17, 15) is 0 Å². The maximum absolute atomic E-state index is 3.66. The molecule has 0 bridgehead atoms. The molecule has 0 aromatic heterocycles. The van der Waals surface area contributed by atoms with E-state index in [1.807, 2.05) is 0 Å². The Hall–Kier alpha value is -3.84. The summed E-state index contributed by atoms with van der Waals surface area (Å²) in [6.45, 7) is 0. The number of para-hydroxylation sites is 1. The number of hydrogen-bond acceptors (Lipinski definition) is 1. The fourth-order valence-corrected chi connectivity index (χ4v) is 5.57. The Morgan fingerprint density at radius 1 is 0.562 bits per heavy atom. The molecule has 0 saturated carbocycles. The Labute approximate surface area is 189 Å². The molecule has 0 atom stereocenters. The van der Waals surface area contributed by atoms with Gasteiger partial charge in [0.2, 0.25) is 0 Å². The highest BCUT2D eigenvalue weighted by molar-refractivity contribution is 5.91. The van der Waals surface area contributed by atoms with Gasteiger partial charge in [-0.3, -0.25) is 0 Å². The van der Waals surface area contributed by atoms with Crippen molar-refractivity contribution >= 4 is 11.3 Å². The predicted molar refractivity (Wildman–Crippen MR) is 134 cm³/mol. The van der Waals surface area contributed by atoms with Crippen LogP contribution in [0, 0.1) is 0 Å². The predicted octanol–water partition coefficient (Wildman–Crippen LogP) is 7.58. The topological polar surface area (TPSA) is 12.0 Å². The zero-order valence-electron chi connectivity index (χ0n) is 18.0. The average Bonchev–Trinajstić information content (AvgIpc) is 3.16. The summed E-state index contributed by atoms with van der Waals surface area (Å²) in [5, 5.41) is 3.66. The van der Waals surface area contributed by atoms with E-state index in [1.54, 1.807) is 0 Å². The first-order valence-electron chi connectivity index (χ1n) is 11.3. The highest BCUT2D eigenvalue weighted by atomic mass is 14.9. The van der Waals surface area contributed by atoms with Crippen LogP contribution in [0.2, 0.25) is 0 Å². The van der Waals surface area contributed by atoms with E-state index in [2.05, 4.69) is 127 Å². The van der Waals surface area contributed by atoms with Gasteiger partial charge in [-0.25, -0.2) is 0 Å². The Bertz CT molecular complexity index is 1280. The Kier molecular flexibility index (Phi) is 4.54. The van der Waals surface area contributed by atoms with Gasteiger partial charge in [0, 0.05) is 11.4 Å². The smallest absolute Gasteiger partial charge is 0.0676 e. The van der Waals surface area contributed by atoms with E-state index in [0.29, 0.717) is 0 Å². The Morgan fingerprint density at radius 2 is 1.12 bits per heavy atom. The number of benzene rings is 4. The molecule has 2 aliphatic carbocycles. The van der Waals surface area contributed by atoms with E-state index in [0.717, 1.165) is 18.5 Å². The second-order valence-electron chi connectivity index (χ2n) is 8.58. The molecule has 4 aromatic carbocycles. The van der Waals surface area contributed by atoms with Gasteiger partial charge in [-0.05, 0) is 64.5 Å². The van der Waals surface area contributed by atoms with Crippen molar-refractivity contribution in [3.8, 4) is 0 Å². The normalized spacial score (nSPS) is 16.2. The van der Waals surface area contributed by atoms with Crippen molar-refractivity contribution < 1.29 is 0 Å². The van der Waals surface area contributed by atoms with Crippen LogP contribution >= 0.6 is 0 Å². The van der Waals surface area contributed by atoms with Crippen LogP contribution in [-0.4, -0.2) is 0 Å². The van der Waals surface area contributed by atoms with Crippen LogP contribution in [0.5, 0.6) is 0 Å². The van der Waals surface area contributed by atoms with E-state index in [4.69, 9.17) is 0 Å². The van der Waals surface area contributed by atoms with Crippen LogP contribution < -0.4 is 5.32 Å². The Morgan fingerprint density at radius 3 is 1.78 bits per heavy atom. The molecule has 6 rings (SSSR count). The largest absolute Gasteiger partial charge is 0.359 e. The summed E-state index contributed by atoms with van der Waals surface area (Å²) < 4.78 is 0. The summed E-state index contributed by atoms with van der Waals surface area (Å²) in [4.78, 5) is 0. The van der Waals surface area contributed by atoms with Gasteiger partial charge in [0.05, 0.1) is 5.41 Å². The monoisotopic (exact) mass is 411 g/mol. The van der Waals surface area contributed by atoms with Crippen molar-refractivity contribution in [2.24, 2.45) is 0 Å². The van der Waals surface area contributed by atoms with E-state index < -0.39 is 0 Å². The van der Waals surface area contributed by atoms with Crippen molar-refractivity contribution in [3.05, 3.63) is 155 Å². The maximum Gasteiger partial charge on any atom is 0.0676 e. The number of nitrogens with one attached hydrogen (secondary N) is 1. The van der Waals surface area contributed by atoms with Gasteiger partial charge >= 0.3 is 0 Å². The fraction of sp³-hybridized carbons (Fsp3) is 0.0968. The van der Waals surface area contributed by atoms with Crippen LogP contribution in [-0.2, 0) is 5.41 Å². The third-order valence-corrected chi connectivity index (χ3v) is 6.85. The molecular weight excluding hydrogens is 386 g/mol. The molecule has 0 heterocycles. The number of anilines is 1. The van der Waals surface area contributed by atoms with Gasteiger partial charge < -0.3 is 5.32 Å². The van der Waals surface area contributed by atoms with Crippen LogP contribution in [0.1, 0.15) is 35.1 Å². The molecule has 0 amide bonds. The molecule has 0 spiro atoms. The third kappa shape index (κ3) is 2.85. The highest BCUT2D eigenvalue weighted by Crippen LogP contribution is 2.57. The minimum Gasteiger partial charge on any atom is -0.359 e. The molecule has 0 fully saturated rings. The van der Waals surface area contributed by atoms with Crippen molar-refractivity contribution in [2.75, 3.05) is 5.32 Å². The maximum atomic E-state index is 3.66. The van der Waals surface area contributed by atoms with E-state index in [1.165, 1.54) is 39.1 Å². The second-order valence-corrected chi connectivity index (χ2v) is 8.58. The highest BCUT2D eigenvalue weighted by Gasteiger charge is 2.47. The lowest BCUT2D eigenvalue weighted by molar-refractivity contribution is 0.690. The summed E-state index contributed by atoms with van der Waals surface area (Å²) in [5.41, 5.74) is 10.5. The Balaban J connectivity index is 1.59. The first-order valence-corrected chi connectivity index (χ1v) is 11.3. The van der Waals surface area contributed by atoms with Gasteiger partial charge in [0.1, 0.15) is 0 Å². The molecule has 2 aliphatic rings. The van der Waals surface area contributed by atoms with Gasteiger partial charge in [0.25, 0.3) is 0 Å². The SMILES string of the molecule is C1=C(Nc2ccccc2)CCC2=C1c1ccccc1C2(c1ccccc1)c1ccccc1. The number of allylic oxidation sites excluding steroid dienone is 4. The fourth-order valence-electron chi connectivity index (χ4n) is 5.57. The van der Waals surface area contributed by atoms with Crippen LogP contribution in [0.4, 0.5) is 5.69 Å². The lowest BCUT2D eigenvalue weighted by Crippen LogP contribution is -2.30. The summed E-state index contributed by atoms with van der Waals surface area (Å²) in [6, 6.07) is 41.5. The minimum absolute atomic E-state index is 0.247. The molecule has 32 heavy (non-hydrogen) atoms. The van der Waals surface area contributed by atoms with Crippen molar-refractivity contribution in [2.45, 2.75) is 18.3 Å². The van der Waals surface area contributed by atoms with Crippen LogP contribution in [0.3, 0.4) is 0 Å². The number of rotatable bonds is 4. The third-order valence-electron chi connectivity index (χ3n) is 6.85. The zero-order chi connectivity index (χ0) is 21.4. The first kappa shape index (κ1) is 18.9. The summed E-state index contributed by atoms with van der Waals surface area (Å²) in [5.74, 6) is 0. The van der Waals surface area contributed by atoms with Crippen molar-refractivity contribution in [3.63, 3.8) is 0 Å². The second kappa shape index (κ2) is 7.69. The standard InChI is InChI=1S/C31H25N/c1-4-12-23(13-5-1)31(24-14-6-2-7-15-24)29-19-11-10-18-27(29)28-22-26(20-21-30(28)31)32-25-16-8-3-9-17-25/h1-19,22,32H,20-21H2. The molecule has 154 valence electrons. The van der Waals surface area contributed by atoms with Gasteiger partial charge in [-0.1, -0.05) is 103 Å². The number of fused-ring (bicyclic) bond motifs is 2. The van der Waals surface area contributed by atoms with Crippen molar-refractivity contribution in [1.29, 1.82) is 0 Å². The molecule has 0 radical (unpaired) electrons. The van der Waals surface area contributed by atoms with Gasteiger partial charge in [-0.15, -0.1) is 0 Å². The summed E-state index contributed by atoms with van der Waals surface area (Å²) in [6.07, 6.45) is 4.42. The zero-order valence-corrected chi connectivity index (χ0v) is 18.0. The molecule has 1 N–H and O–H groups in total. The van der Waals surface area contributed by atoms with E-state index in [-0.39, 0.29) is 5.41 Å². The average molecular weight is 412 g/mol. The molecular formula is C31H25N. The quantitative estimate of drug-likeness (QED) is 0.365. The van der Waals surface area contributed by atoms with Crippen LogP contribution in [0.25, 0.3) is 5.57 Å². The van der Waals surface area contributed by atoms with Gasteiger partial charge in [0.15, 0.2) is 0 Å². The summed E-state index contributed by atoms with van der Waals surface area (Å²) >= 11 is 0. The summed E-state index contributed by atoms with van der Waals surface area (Å²) in [7, 11) is 0. The molecule has 0 saturated heterocycles. The molecule has 1 nitrogen and oxygen atoms in total. The molecule has 4 aromatic rings. The van der Waals surface area contributed by atoms with Gasteiger partial charge in [-0.2, -0.15) is 0 Å². The molecule has 1 heteroatoms. The van der Waals surface area contributed by atoms with Crippen LogP contribution in [0.15, 0.2) is 133 Å². The van der Waals surface area contributed by atoms with E-state index >= 15 is 0 Å². The first-order chi connectivity index (χ1) is 15.9. The molecule has 0 aliphatic heterocycles. The molecule has 0 unspecified atom stereocenters. The minimum atomic E-state index is -0.247. The number of hydrogen-bond donors (Lipinski definition) is 1. The lowest BCUT2D eigenvalue weighted by atomic mass is 9.65.